The summed E-state index contributed by atoms with van der Waals surface area (Å²) in [5.41, 5.74) is 6.47. The molecule has 4 N–H and O–H groups in total. The molecule has 0 fully saturated rings. The minimum atomic E-state index is -1.01. The number of carbonyl (C=O) groups is 2. The van der Waals surface area contributed by atoms with Crippen LogP contribution in [0.4, 0.5) is 5.69 Å². The number of amides is 1. The number of nitrogens with one attached hydrogen (secondary N) is 1. The van der Waals surface area contributed by atoms with Crippen molar-refractivity contribution in [3.63, 3.8) is 0 Å². The number of carboxylic acids is 1. The van der Waals surface area contributed by atoms with E-state index < -0.39 is 11.9 Å². The molecule has 0 aliphatic heterocycles. The van der Waals surface area contributed by atoms with Crippen LogP contribution in [0.15, 0.2) is 24.4 Å². The zero-order valence-corrected chi connectivity index (χ0v) is 11.5. The lowest BCUT2D eigenvalue weighted by molar-refractivity contribution is -0.137. The number of hydrogen-bond donors (Lipinski definition) is 3. The van der Waals surface area contributed by atoms with Gasteiger partial charge in [0.15, 0.2) is 0 Å². The monoisotopic (exact) mass is 309 g/mol. The quantitative estimate of drug-likeness (QED) is 0.722. The average molecular weight is 310 g/mol. The first-order valence-electron chi connectivity index (χ1n) is 5.90. The topological polar surface area (TPSA) is 123 Å². The predicted molar refractivity (Wildman–Crippen MR) is 75.0 cm³/mol. The Morgan fingerprint density at radius 1 is 1.43 bits per heavy atom. The second-order valence-electron chi connectivity index (χ2n) is 4.18. The molecule has 21 heavy (non-hydrogen) atoms. The number of aliphatic carboxylic acids is 1. The smallest absolute Gasteiger partial charge is 0.325 e. The summed E-state index contributed by atoms with van der Waals surface area (Å²) in [6.45, 7) is -0.0169. The van der Waals surface area contributed by atoms with E-state index in [0.717, 1.165) is 0 Å². The van der Waals surface area contributed by atoms with Crippen LogP contribution in [-0.4, -0.2) is 32.0 Å². The number of rotatable bonds is 6. The summed E-state index contributed by atoms with van der Waals surface area (Å²) in [6, 6.07) is 4.90. The van der Waals surface area contributed by atoms with Gasteiger partial charge in [-0.25, -0.2) is 4.68 Å². The van der Waals surface area contributed by atoms with Gasteiger partial charge in [-0.05, 0) is 12.1 Å². The van der Waals surface area contributed by atoms with Crippen LogP contribution in [0.2, 0.25) is 5.02 Å². The lowest BCUT2D eigenvalue weighted by atomic mass is 10.1. The van der Waals surface area contributed by atoms with Crippen LogP contribution < -0.4 is 11.1 Å². The highest BCUT2D eigenvalue weighted by atomic mass is 35.5. The summed E-state index contributed by atoms with van der Waals surface area (Å²) in [5, 5.41) is 19.4. The van der Waals surface area contributed by atoms with Crippen LogP contribution >= 0.6 is 11.6 Å². The van der Waals surface area contributed by atoms with Gasteiger partial charge < -0.3 is 16.2 Å². The fraction of sp³-hybridized carbons (Fsp3) is 0.167. The van der Waals surface area contributed by atoms with Crippen molar-refractivity contribution in [3.05, 3.63) is 40.7 Å². The largest absolute Gasteiger partial charge is 0.480 e. The second kappa shape index (κ2) is 6.23. The van der Waals surface area contributed by atoms with E-state index in [1.165, 1.54) is 10.9 Å². The van der Waals surface area contributed by atoms with Gasteiger partial charge in [-0.1, -0.05) is 22.9 Å². The van der Waals surface area contributed by atoms with Crippen molar-refractivity contribution in [2.75, 3.05) is 5.32 Å². The van der Waals surface area contributed by atoms with Crippen molar-refractivity contribution in [2.24, 2.45) is 5.73 Å². The summed E-state index contributed by atoms with van der Waals surface area (Å²) in [4.78, 5) is 21.9. The Bertz CT molecular complexity index is 685. The Morgan fingerprint density at radius 3 is 2.86 bits per heavy atom. The number of carboxylic acid groups (broad SMARTS) is 1. The molecule has 0 bridgehead atoms. The maximum absolute atomic E-state index is 11.4. The average Bonchev–Trinajstić information content (AvgIpc) is 2.82. The van der Waals surface area contributed by atoms with Crippen molar-refractivity contribution >= 4 is 29.2 Å². The van der Waals surface area contributed by atoms with Crippen molar-refractivity contribution in [1.82, 2.24) is 15.0 Å². The van der Waals surface area contributed by atoms with Gasteiger partial charge >= 0.3 is 5.97 Å². The molecular formula is C12H12ClN5O3. The lowest BCUT2D eigenvalue weighted by Crippen LogP contribution is -2.15. The fourth-order valence-electron chi connectivity index (χ4n) is 1.74. The predicted octanol–water partition coefficient (Wildman–Crippen LogP) is 0.727. The van der Waals surface area contributed by atoms with Crippen LogP contribution in [0.1, 0.15) is 16.1 Å². The minimum absolute atomic E-state index is 0.192. The highest BCUT2D eigenvalue weighted by Gasteiger charge is 2.12. The van der Waals surface area contributed by atoms with Crippen LogP contribution in [0, 0.1) is 0 Å². The van der Waals surface area contributed by atoms with E-state index in [2.05, 4.69) is 15.6 Å². The molecule has 0 aliphatic rings. The van der Waals surface area contributed by atoms with E-state index in [9.17, 15) is 9.59 Å². The van der Waals surface area contributed by atoms with E-state index in [1.807, 2.05) is 0 Å². The highest BCUT2D eigenvalue weighted by molar-refractivity contribution is 6.34. The Hall–Kier alpha value is -2.61. The number of benzene rings is 1. The van der Waals surface area contributed by atoms with Gasteiger partial charge in [0, 0.05) is 5.69 Å². The third kappa shape index (κ3) is 3.69. The summed E-state index contributed by atoms with van der Waals surface area (Å²) < 4.78 is 1.20. The number of carbonyl (C=O) groups excluding carboxylic acids is 1. The molecule has 0 spiro atoms. The fourth-order valence-corrected chi connectivity index (χ4v) is 2.01. The maximum atomic E-state index is 11.4. The molecule has 2 rings (SSSR count). The van der Waals surface area contributed by atoms with Gasteiger partial charge in [0.05, 0.1) is 23.3 Å². The Morgan fingerprint density at radius 2 is 2.19 bits per heavy atom. The maximum Gasteiger partial charge on any atom is 0.325 e. The standard InChI is InChI=1S/C12H12ClN5O3/c13-8-2-1-3-9(11(8)12(14)21)15-4-7-5-18(17-16-7)6-10(19)20/h1-3,5,15H,4,6H2,(H2,14,21)(H,19,20). The molecule has 8 nitrogen and oxygen atoms in total. The number of hydrogen-bond acceptors (Lipinski definition) is 5. The molecule has 1 amide bonds. The van der Waals surface area contributed by atoms with Crippen molar-refractivity contribution in [3.8, 4) is 0 Å². The summed E-state index contributed by atoms with van der Waals surface area (Å²) >= 11 is 5.93. The zero-order valence-electron chi connectivity index (χ0n) is 10.8. The second-order valence-corrected chi connectivity index (χ2v) is 4.59. The molecule has 9 heteroatoms. The summed E-state index contributed by atoms with van der Waals surface area (Å²) in [5.74, 6) is -1.65. The molecule has 0 atom stereocenters. The van der Waals surface area contributed by atoms with Crippen molar-refractivity contribution in [1.29, 1.82) is 0 Å². The Balaban J connectivity index is 2.10. The molecule has 1 heterocycles. The number of nitrogens with two attached hydrogens (primary N) is 1. The molecule has 1 aromatic heterocycles. The van der Waals surface area contributed by atoms with E-state index >= 15 is 0 Å². The molecule has 0 unspecified atom stereocenters. The first kappa shape index (κ1) is 14.8. The number of halogens is 1. The molecule has 0 radical (unpaired) electrons. The van der Waals surface area contributed by atoms with Crippen LogP contribution in [0.5, 0.6) is 0 Å². The number of primary amides is 1. The van der Waals surface area contributed by atoms with E-state index in [0.29, 0.717) is 11.4 Å². The Labute approximate surface area is 124 Å². The molecular weight excluding hydrogens is 298 g/mol. The van der Waals surface area contributed by atoms with Gasteiger partial charge in [-0.2, -0.15) is 0 Å². The van der Waals surface area contributed by atoms with E-state index in [-0.39, 0.29) is 23.7 Å². The highest BCUT2D eigenvalue weighted by Crippen LogP contribution is 2.24. The van der Waals surface area contributed by atoms with Crippen molar-refractivity contribution < 1.29 is 14.7 Å². The molecule has 0 saturated carbocycles. The Kier molecular flexibility index (Phi) is 4.39. The lowest BCUT2D eigenvalue weighted by Gasteiger charge is -2.09. The molecule has 2 aromatic rings. The number of nitrogens with zero attached hydrogens (tertiary/aromatic N) is 3. The molecule has 110 valence electrons. The third-order valence-electron chi connectivity index (χ3n) is 2.60. The van der Waals surface area contributed by atoms with E-state index in [4.69, 9.17) is 22.4 Å². The zero-order chi connectivity index (χ0) is 15.4. The number of anilines is 1. The summed E-state index contributed by atoms with van der Waals surface area (Å²) in [6.07, 6.45) is 1.50. The molecule has 0 aliphatic carbocycles. The van der Waals surface area contributed by atoms with Gasteiger partial charge in [-0.3, -0.25) is 9.59 Å². The number of aromatic nitrogens is 3. The van der Waals surface area contributed by atoms with Gasteiger partial charge in [-0.15, -0.1) is 5.10 Å². The van der Waals surface area contributed by atoms with Gasteiger partial charge in [0.25, 0.3) is 5.91 Å². The third-order valence-corrected chi connectivity index (χ3v) is 2.92. The first-order valence-corrected chi connectivity index (χ1v) is 6.28. The SMILES string of the molecule is NC(=O)c1c(Cl)cccc1NCc1cn(CC(=O)O)nn1. The van der Waals surface area contributed by atoms with E-state index in [1.54, 1.807) is 18.2 Å². The van der Waals surface area contributed by atoms with Crippen LogP contribution in [0.3, 0.4) is 0 Å². The van der Waals surface area contributed by atoms with Gasteiger partial charge in [0.2, 0.25) is 0 Å². The molecule has 1 aromatic carbocycles. The van der Waals surface area contributed by atoms with Gasteiger partial charge in [0.1, 0.15) is 12.2 Å². The first-order chi connectivity index (χ1) is 9.97. The summed E-state index contributed by atoms with van der Waals surface area (Å²) in [7, 11) is 0. The molecule has 0 saturated heterocycles. The normalized spacial score (nSPS) is 10.3. The minimum Gasteiger partial charge on any atom is -0.480 e. The van der Waals surface area contributed by atoms with Crippen molar-refractivity contribution in [2.45, 2.75) is 13.1 Å². The van der Waals surface area contributed by atoms with Crippen LogP contribution in [0.25, 0.3) is 0 Å². The van der Waals surface area contributed by atoms with Crippen LogP contribution in [-0.2, 0) is 17.9 Å².